The first kappa shape index (κ1) is 68.7. The number of Topliss-reactive ketones (excluding diaryl/α,β-unsaturated/α-hetero) is 1. The fraction of sp³-hybridized carbons (Fsp3) is 0.772. The van der Waals surface area contributed by atoms with Crippen molar-refractivity contribution in [2.24, 2.45) is 23.7 Å². The normalized spacial score (nSPS) is 36.9. The number of ketones is 1. The molecule has 0 bridgehead atoms. The number of carboxylic acid groups (broad SMARTS) is 2. The Labute approximate surface area is 481 Å². The molecule has 4 aliphatic heterocycles. The van der Waals surface area contributed by atoms with E-state index < -0.39 is 135 Å². The van der Waals surface area contributed by atoms with Crippen molar-refractivity contribution >= 4 is 45.2 Å². The third-order valence-corrected chi connectivity index (χ3v) is 18.4. The molecule has 6 N–H and O–H groups in total. The zero-order valence-electron chi connectivity index (χ0n) is 50.2. The number of aliphatic hydroxyl groups excluding tert-OH is 2. The van der Waals surface area contributed by atoms with E-state index in [-0.39, 0.29) is 62.4 Å². The molecule has 19 atom stereocenters. The number of hydrogen-bond acceptors (Lipinski definition) is 21. The van der Waals surface area contributed by atoms with Crippen molar-refractivity contribution < 1.29 is 95.2 Å². The van der Waals surface area contributed by atoms with Crippen molar-refractivity contribution in [3.8, 4) is 0 Å². The van der Waals surface area contributed by atoms with Gasteiger partial charge in [-0.25, -0.2) is 4.79 Å². The van der Waals surface area contributed by atoms with Gasteiger partial charge in [0.25, 0.3) is 16.6 Å². The minimum atomic E-state index is -4.22. The van der Waals surface area contributed by atoms with Crippen molar-refractivity contribution in [2.45, 2.75) is 212 Å². The van der Waals surface area contributed by atoms with E-state index in [0.29, 0.717) is 36.7 Å². The molecule has 25 heteroatoms. The number of aromatic carboxylic acids is 1. The summed E-state index contributed by atoms with van der Waals surface area (Å²) < 4.78 is 85.9. The summed E-state index contributed by atoms with van der Waals surface area (Å²) in [6.07, 6.45) is -8.67. The minimum Gasteiger partial charge on any atom is -0.483 e. The Balaban J connectivity index is 0.00000402. The average Bonchev–Trinajstić information content (AvgIpc) is 3.62. The highest BCUT2D eigenvalue weighted by Gasteiger charge is 2.55. The van der Waals surface area contributed by atoms with Gasteiger partial charge in [0.05, 0.1) is 65.5 Å². The zero-order valence-corrected chi connectivity index (χ0v) is 51.0. The fourth-order valence-corrected chi connectivity index (χ4v) is 13.5. The van der Waals surface area contributed by atoms with Crippen LogP contribution in [0.3, 0.4) is 0 Å². The van der Waals surface area contributed by atoms with Gasteiger partial charge in [0, 0.05) is 68.1 Å². The van der Waals surface area contributed by atoms with Gasteiger partial charge in [0.15, 0.2) is 12.6 Å². The molecule has 4 aliphatic rings. The first-order valence-electron chi connectivity index (χ1n) is 28.2. The van der Waals surface area contributed by atoms with Crippen LogP contribution < -0.4 is 10.7 Å². The lowest BCUT2D eigenvalue weighted by Gasteiger charge is -2.50. The van der Waals surface area contributed by atoms with E-state index in [1.54, 1.807) is 66.0 Å². The number of hydrogen-bond donors (Lipinski definition) is 6. The zero-order chi connectivity index (χ0) is 61.6. The predicted molar refractivity (Wildman–Crippen MR) is 298 cm³/mol. The number of pyridine rings is 1. The quantitative estimate of drug-likeness (QED) is 0.0535. The minimum absolute atomic E-state index is 0.0285. The van der Waals surface area contributed by atoms with Crippen LogP contribution in [0.4, 0.5) is 0 Å². The smallest absolute Gasteiger partial charge is 0.341 e. The molecule has 82 heavy (non-hydrogen) atoms. The van der Waals surface area contributed by atoms with Crippen LogP contribution in [0.2, 0.25) is 0 Å². The summed E-state index contributed by atoms with van der Waals surface area (Å²) >= 11 is 0. The Morgan fingerprint density at radius 3 is 2.16 bits per heavy atom. The number of nitrogens with zero attached hydrogens (tertiary/aromatic N) is 2. The molecule has 3 fully saturated rings. The lowest BCUT2D eigenvalue weighted by molar-refractivity contribution is -0.317. The van der Waals surface area contributed by atoms with Crippen LogP contribution in [0.15, 0.2) is 23.1 Å². The van der Waals surface area contributed by atoms with Gasteiger partial charge in [0.2, 0.25) is 5.43 Å². The number of aromatic nitrogens is 1. The van der Waals surface area contributed by atoms with Crippen LogP contribution in [0.5, 0.6) is 0 Å². The summed E-state index contributed by atoms with van der Waals surface area (Å²) in [6, 6.07) is 3.29. The molecule has 0 aliphatic carbocycles. The Bertz CT molecular complexity index is 2690. The number of benzene rings is 1. The van der Waals surface area contributed by atoms with Crippen molar-refractivity contribution in [3.05, 3.63) is 45.2 Å². The van der Waals surface area contributed by atoms with Crippen molar-refractivity contribution in [1.29, 1.82) is 0 Å². The van der Waals surface area contributed by atoms with E-state index in [0.717, 1.165) is 11.1 Å². The molecular weight excluding hydrogens is 1090 g/mol. The van der Waals surface area contributed by atoms with Gasteiger partial charge in [0.1, 0.15) is 41.5 Å². The van der Waals surface area contributed by atoms with Gasteiger partial charge in [-0.05, 0) is 113 Å². The number of carboxylic acids is 1. The number of rotatable bonds is 18. The molecule has 0 saturated carbocycles. The summed E-state index contributed by atoms with van der Waals surface area (Å²) in [5.74, 6) is -6.77. The van der Waals surface area contributed by atoms with Crippen LogP contribution >= 0.6 is 0 Å². The maximum absolute atomic E-state index is 14.6. The van der Waals surface area contributed by atoms with E-state index in [9.17, 15) is 48.0 Å². The third kappa shape index (κ3) is 15.5. The number of carbonyl (C=O) groups excluding carboxylic acids is 2. The highest BCUT2D eigenvalue weighted by molar-refractivity contribution is 7.86. The topological polar surface area (TPSA) is 324 Å². The van der Waals surface area contributed by atoms with Crippen LogP contribution in [0.25, 0.3) is 10.9 Å². The molecule has 1 unspecified atom stereocenters. The fourth-order valence-electron chi connectivity index (χ4n) is 12.3. The van der Waals surface area contributed by atoms with E-state index in [1.165, 1.54) is 34.3 Å². The predicted octanol–water partition coefficient (Wildman–Crippen LogP) is 3.78. The Morgan fingerprint density at radius 2 is 1.56 bits per heavy atom. The number of cyclic esters (lactones) is 1. The summed E-state index contributed by atoms with van der Waals surface area (Å²) in [5.41, 5.74) is -3.46. The second-order valence-corrected chi connectivity index (χ2v) is 25.3. The number of likely N-dealkylation sites (N-methyl/N-ethyl adjacent to an activating group) is 1. The van der Waals surface area contributed by atoms with Crippen molar-refractivity contribution in [1.82, 2.24) is 14.8 Å². The molecule has 1 aromatic heterocycles. The van der Waals surface area contributed by atoms with Crippen LogP contribution in [-0.2, 0) is 79.6 Å². The molecule has 24 nitrogen and oxygen atoms in total. The first-order chi connectivity index (χ1) is 38.3. The van der Waals surface area contributed by atoms with Gasteiger partial charge in [-0.3, -0.25) is 23.4 Å². The largest absolute Gasteiger partial charge is 0.483 e. The molecule has 6 rings (SSSR count). The number of esters is 1. The average molecular weight is 1190 g/mol. The maximum Gasteiger partial charge on any atom is 0.341 e. The Morgan fingerprint density at radius 1 is 0.927 bits per heavy atom. The van der Waals surface area contributed by atoms with Gasteiger partial charge in [-0.15, -0.1) is 0 Å². The highest BCUT2D eigenvalue weighted by Crippen LogP contribution is 2.43. The number of nitrogens with one attached hydrogen (secondary N) is 1. The van der Waals surface area contributed by atoms with Crippen molar-refractivity contribution in [3.63, 3.8) is 0 Å². The van der Waals surface area contributed by atoms with Gasteiger partial charge in [-0.2, -0.15) is 8.42 Å². The lowest BCUT2D eigenvalue weighted by atomic mass is 9.74. The molecule has 5 heterocycles. The van der Waals surface area contributed by atoms with Crippen molar-refractivity contribution in [2.75, 3.05) is 47.2 Å². The molecule has 3 saturated heterocycles. The molecule has 466 valence electrons. The molecule has 0 radical (unpaired) electrons. The molecule has 0 amide bonds. The number of methoxy groups -OCH3 is 2. The number of aliphatic hydroxyl groups is 3. The first-order valence-corrected chi connectivity index (χ1v) is 29.8. The third-order valence-electron chi connectivity index (χ3n) is 17.2. The second-order valence-electron chi connectivity index (χ2n) is 23.6. The Hall–Kier alpha value is -4.06. The number of ether oxygens (including phenoxy) is 8. The molecular formula is C57H91N3O21S. The standard InChI is InChI=1S/C56H89N3O19S.CH2O2/c1-16-41-56(11,67)48(63)31(4)44(60)29(2)25-54(9,70-14)49(77-53-46(62)40(58(12)13)22-30(3)73-53)32(5)47(33(6)52(66)75-41)76-42-26-55(10,71-15)50(34(7)74-42)78-79(68,69)21-20-57-19-17-18-36-23-37-28-72-35(8)59-27-39(51(64)65)45(61)38(24-36)43(37)59;2-1-3/h23-24,27,29-35,40-42,46-50,53,57,62-63,67H,16-22,25-26,28H2,1-15H3,(H,64,65);1H,(H,2,3)/t29-,30-,31+,32+,33-,34+,35?,40+,41-,42+,46-,47+,48-,49-,50+,53+,54-,55-,56-;/m1./s1. The number of aryl methyl sites for hydroxylation is 1. The van der Waals surface area contributed by atoms with E-state index in [2.05, 4.69) is 5.32 Å². The summed E-state index contributed by atoms with van der Waals surface area (Å²) in [7, 11) is 2.36. The SMILES string of the molecule is CC[C@H]1OC(=O)[C@H](C)[C@@H](O[C@H]2C[C@@](C)(OC)[C@@H](OS(=O)(=O)CCNCCCc3cc4c5c(c3)c(=O)c(C(=O)O)cn5C(C)OC4)[C@H](C)O2)[C@H](C)[C@@H](O[C@@H]2O[C@H](C)C[C@H](N(C)C)[C@H]2O)[C@](C)(OC)C[C@@H](C)C(=O)[C@H](C)[C@@H](O)[C@]1(C)O.O=CO. The Kier molecular flexibility index (Phi) is 23.8. The molecule has 0 spiro atoms. The van der Waals surface area contributed by atoms with Crippen LogP contribution in [0.1, 0.15) is 136 Å². The van der Waals surface area contributed by atoms with Gasteiger partial charge < -0.3 is 78.2 Å². The maximum atomic E-state index is 14.6. The second kappa shape index (κ2) is 28.4. The van der Waals surface area contributed by atoms with Crippen LogP contribution in [0, 0.1) is 23.7 Å². The number of carbonyl (C=O) groups is 4. The highest BCUT2D eigenvalue weighted by atomic mass is 32.2. The van der Waals surface area contributed by atoms with E-state index >= 15 is 0 Å². The van der Waals surface area contributed by atoms with Gasteiger partial charge >= 0.3 is 11.9 Å². The van der Waals surface area contributed by atoms with E-state index in [1.807, 2.05) is 32.0 Å². The van der Waals surface area contributed by atoms with Gasteiger partial charge in [-0.1, -0.05) is 33.8 Å². The summed E-state index contributed by atoms with van der Waals surface area (Å²) in [4.78, 5) is 64.2. The molecule has 1 aromatic carbocycles. The lowest BCUT2D eigenvalue weighted by Crippen LogP contribution is -2.62. The van der Waals surface area contributed by atoms with E-state index in [4.69, 9.17) is 52.0 Å². The molecule has 2 aromatic rings. The summed E-state index contributed by atoms with van der Waals surface area (Å²) in [5, 5.41) is 55.3. The summed E-state index contributed by atoms with van der Waals surface area (Å²) in [6.45, 7) is 18.8. The monoisotopic (exact) mass is 1190 g/mol. The van der Waals surface area contributed by atoms with Crippen LogP contribution in [-0.4, -0.2) is 199 Å².